The summed E-state index contributed by atoms with van der Waals surface area (Å²) in [6, 6.07) is 26.1. The van der Waals surface area contributed by atoms with Crippen LogP contribution in [0.3, 0.4) is 0 Å². The third kappa shape index (κ3) is 7.04. The molecular formula is C38H45N5O2. The lowest BCUT2D eigenvalue weighted by Gasteiger charge is -2.34. The van der Waals surface area contributed by atoms with Crippen LogP contribution in [0.25, 0.3) is 5.69 Å². The number of nitrogens with one attached hydrogen (secondary N) is 3. The number of urea groups is 1. The Morgan fingerprint density at radius 2 is 1.62 bits per heavy atom. The molecule has 2 unspecified atom stereocenters. The maximum absolute atomic E-state index is 14.3. The van der Waals surface area contributed by atoms with Crippen molar-refractivity contribution in [1.29, 1.82) is 0 Å². The van der Waals surface area contributed by atoms with Gasteiger partial charge in [-0.05, 0) is 99.0 Å². The second kappa shape index (κ2) is 13.0. The second-order valence-electron chi connectivity index (χ2n) is 13.8. The smallest absolute Gasteiger partial charge is 0.317 e. The highest BCUT2D eigenvalue weighted by Gasteiger charge is 2.36. The lowest BCUT2D eigenvalue weighted by molar-refractivity contribution is -0.126. The molecule has 7 nitrogen and oxygen atoms in total. The number of anilines is 2. The number of hydrogen-bond acceptors (Lipinski definition) is 4. The summed E-state index contributed by atoms with van der Waals surface area (Å²) >= 11 is 0. The molecule has 1 saturated heterocycles. The Morgan fingerprint density at radius 3 is 2.36 bits per heavy atom. The molecule has 2 aliphatic rings. The van der Waals surface area contributed by atoms with Crippen molar-refractivity contribution in [3.8, 4) is 5.69 Å². The summed E-state index contributed by atoms with van der Waals surface area (Å²) < 4.78 is 1.78. The van der Waals surface area contributed by atoms with E-state index < -0.39 is 0 Å². The van der Waals surface area contributed by atoms with Gasteiger partial charge in [-0.1, -0.05) is 74.9 Å². The van der Waals surface area contributed by atoms with Gasteiger partial charge in [0.05, 0.1) is 11.4 Å². The Morgan fingerprint density at radius 1 is 0.889 bits per heavy atom. The monoisotopic (exact) mass is 603 g/mol. The van der Waals surface area contributed by atoms with E-state index in [0.717, 1.165) is 67.7 Å². The summed E-state index contributed by atoms with van der Waals surface area (Å²) in [6.07, 6.45) is 4.59. The van der Waals surface area contributed by atoms with Crippen LogP contribution in [0.4, 0.5) is 16.3 Å². The first-order valence-corrected chi connectivity index (χ1v) is 16.3. The minimum atomic E-state index is -0.352. The normalized spacial score (nSPS) is 17.7. The van der Waals surface area contributed by atoms with Crippen molar-refractivity contribution < 1.29 is 9.59 Å². The zero-order valence-electron chi connectivity index (χ0n) is 26.9. The van der Waals surface area contributed by atoms with Crippen LogP contribution in [-0.2, 0) is 23.1 Å². The Balaban J connectivity index is 1.23. The quantitative estimate of drug-likeness (QED) is 0.203. The fourth-order valence-electron chi connectivity index (χ4n) is 6.85. The zero-order valence-corrected chi connectivity index (χ0v) is 26.9. The molecular weight excluding hydrogens is 558 g/mol. The summed E-state index contributed by atoms with van der Waals surface area (Å²) in [5, 5.41) is 14.4. The number of fused-ring (bicyclic) bond motifs is 1. The van der Waals surface area contributed by atoms with Crippen molar-refractivity contribution >= 4 is 23.3 Å². The van der Waals surface area contributed by atoms with Crippen LogP contribution in [0.15, 0.2) is 78.9 Å². The van der Waals surface area contributed by atoms with Crippen molar-refractivity contribution in [3.63, 3.8) is 0 Å². The van der Waals surface area contributed by atoms with E-state index in [4.69, 9.17) is 5.10 Å². The standard InChI is InChI=1S/C38H45N5O2/c1-25-12-16-32(17-13-25)43-34(24-33(42-43)38(2,3)4)41-37(45)40-31-11-7-10-29(23-31)35(27-18-20-39-21-19-27)36(44)30-15-14-26-8-5-6-9-28(26)22-30/h5-13,16-17,23-24,27,30,35,39H,14-15,18-22H2,1-4H3,(H2,40,41,45). The van der Waals surface area contributed by atoms with Crippen LogP contribution < -0.4 is 16.0 Å². The van der Waals surface area contributed by atoms with Gasteiger partial charge >= 0.3 is 6.03 Å². The predicted octanol–water partition coefficient (Wildman–Crippen LogP) is 7.58. The van der Waals surface area contributed by atoms with Gasteiger partial charge in [-0.15, -0.1) is 0 Å². The third-order valence-electron chi connectivity index (χ3n) is 9.41. The predicted molar refractivity (Wildman–Crippen MR) is 181 cm³/mol. The second-order valence-corrected chi connectivity index (χ2v) is 13.8. The number of amides is 2. The van der Waals surface area contributed by atoms with Gasteiger partial charge in [-0.25, -0.2) is 9.48 Å². The molecule has 45 heavy (non-hydrogen) atoms. The summed E-state index contributed by atoms with van der Waals surface area (Å²) in [7, 11) is 0. The van der Waals surface area contributed by atoms with E-state index in [1.54, 1.807) is 4.68 Å². The van der Waals surface area contributed by atoms with Gasteiger partial charge in [-0.3, -0.25) is 10.1 Å². The van der Waals surface area contributed by atoms with E-state index in [9.17, 15) is 9.59 Å². The molecule has 234 valence electrons. The van der Waals surface area contributed by atoms with Gasteiger partial charge in [0.15, 0.2) is 0 Å². The molecule has 1 fully saturated rings. The van der Waals surface area contributed by atoms with Crippen molar-refractivity contribution in [2.24, 2.45) is 11.8 Å². The largest absolute Gasteiger partial charge is 0.324 e. The van der Waals surface area contributed by atoms with E-state index in [1.165, 1.54) is 11.1 Å². The van der Waals surface area contributed by atoms with Crippen LogP contribution in [0, 0.1) is 18.8 Å². The molecule has 3 aromatic carbocycles. The van der Waals surface area contributed by atoms with Crippen LogP contribution >= 0.6 is 0 Å². The number of rotatable bonds is 7. The van der Waals surface area contributed by atoms with Gasteiger partial charge in [0.1, 0.15) is 11.6 Å². The van der Waals surface area contributed by atoms with Gasteiger partial charge in [0, 0.05) is 29.0 Å². The van der Waals surface area contributed by atoms with E-state index in [1.807, 2.05) is 55.5 Å². The number of aromatic nitrogens is 2. The van der Waals surface area contributed by atoms with Crippen LogP contribution in [0.1, 0.15) is 73.9 Å². The Kier molecular flexibility index (Phi) is 8.90. The highest BCUT2D eigenvalue weighted by atomic mass is 16.2. The molecule has 0 bridgehead atoms. The minimum Gasteiger partial charge on any atom is -0.317 e. The topological polar surface area (TPSA) is 88.1 Å². The molecule has 7 heteroatoms. The molecule has 0 radical (unpaired) electrons. The Bertz CT molecular complexity index is 1660. The molecule has 1 aliphatic carbocycles. The minimum absolute atomic E-state index is 0.0128. The molecule has 2 heterocycles. The molecule has 0 spiro atoms. The molecule has 6 rings (SSSR count). The molecule has 1 aliphatic heterocycles. The number of piperidine rings is 1. The van der Waals surface area contributed by atoms with Crippen LogP contribution in [0.2, 0.25) is 0 Å². The average Bonchev–Trinajstić information content (AvgIpc) is 3.46. The molecule has 3 N–H and O–H groups in total. The molecule has 4 aromatic rings. The number of benzene rings is 3. The fourth-order valence-corrected chi connectivity index (χ4v) is 6.85. The first-order valence-electron chi connectivity index (χ1n) is 16.3. The van der Waals surface area contributed by atoms with E-state index in [2.05, 4.69) is 67.1 Å². The summed E-state index contributed by atoms with van der Waals surface area (Å²) in [5.74, 6) is 1.04. The van der Waals surface area contributed by atoms with Crippen LogP contribution in [0.5, 0.6) is 0 Å². The van der Waals surface area contributed by atoms with Gasteiger partial charge in [-0.2, -0.15) is 5.10 Å². The van der Waals surface area contributed by atoms with E-state index in [0.29, 0.717) is 17.3 Å². The first kappa shape index (κ1) is 30.8. The third-order valence-corrected chi connectivity index (χ3v) is 9.41. The van der Waals surface area contributed by atoms with Crippen molar-refractivity contribution in [1.82, 2.24) is 15.1 Å². The molecule has 2 amide bonds. The van der Waals surface area contributed by atoms with Crippen molar-refractivity contribution in [2.75, 3.05) is 23.7 Å². The number of ketones is 1. The molecule has 0 saturated carbocycles. The molecule has 2 atom stereocenters. The number of carbonyl (C=O) groups excluding carboxylic acids is 2. The number of hydrogen-bond donors (Lipinski definition) is 3. The number of aryl methyl sites for hydroxylation is 2. The van der Waals surface area contributed by atoms with Crippen molar-refractivity contribution in [3.05, 3.63) is 107 Å². The zero-order chi connectivity index (χ0) is 31.6. The number of carbonyl (C=O) groups is 2. The van der Waals surface area contributed by atoms with E-state index >= 15 is 0 Å². The molecule has 1 aromatic heterocycles. The number of nitrogens with zero attached hydrogens (tertiary/aromatic N) is 2. The first-order chi connectivity index (χ1) is 21.7. The SMILES string of the molecule is Cc1ccc(-n2nc(C(C)(C)C)cc2NC(=O)Nc2cccc(C(C(=O)C3CCc4ccccc4C3)C3CCNCC3)c2)cc1. The van der Waals surface area contributed by atoms with Crippen LogP contribution in [-0.4, -0.2) is 34.7 Å². The van der Waals surface area contributed by atoms with Crippen molar-refractivity contribution in [2.45, 2.75) is 71.1 Å². The summed E-state index contributed by atoms with van der Waals surface area (Å²) in [6.45, 7) is 10.2. The lowest BCUT2D eigenvalue weighted by atomic mass is 9.71. The fraction of sp³-hybridized carbons (Fsp3) is 0.395. The maximum atomic E-state index is 14.3. The average molecular weight is 604 g/mol. The highest BCUT2D eigenvalue weighted by molar-refractivity contribution is 5.99. The van der Waals surface area contributed by atoms with E-state index in [-0.39, 0.29) is 29.2 Å². The Hall–Kier alpha value is -4.23. The summed E-state index contributed by atoms with van der Waals surface area (Å²) in [5.41, 5.74) is 7.06. The Labute approximate surface area is 266 Å². The van der Waals surface area contributed by atoms with Gasteiger partial charge < -0.3 is 10.6 Å². The number of Topliss-reactive ketones (excluding diaryl/α,β-unsaturated/α-hetero) is 1. The van der Waals surface area contributed by atoms with Gasteiger partial charge in [0.25, 0.3) is 0 Å². The lowest BCUT2D eigenvalue weighted by Crippen LogP contribution is -2.37. The van der Waals surface area contributed by atoms with Gasteiger partial charge in [0.2, 0.25) is 0 Å². The summed E-state index contributed by atoms with van der Waals surface area (Å²) in [4.78, 5) is 27.8. The maximum Gasteiger partial charge on any atom is 0.324 e. The highest BCUT2D eigenvalue weighted by Crippen LogP contribution is 2.38.